The summed E-state index contributed by atoms with van der Waals surface area (Å²) >= 11 is 0. The van der Waals surface area contributed by atoms with Crippen LogP contribution in [-0.4, -0.2) is 70.7 Å². The molecule has 0 amide bonds. The van der Waals surface area contributed by atoms with Gasteiger partial charge in [-0.3, -0.25) is 9.36 Å². The van der Waals surface area contributed by atoms with Gasteiger partial charge in [0, 0.05) is 13.0 Å². The number of likely N-dealkylation sites (N-methyl/N-ethyl adjacent to an activating group) is 1. The third-order valence-electron chi connectivity index (χ3n) is 10.2. The van der Waals surface area contributed by atoms with E-state index < -0.39 is 19.9 Å². The molecular weight excluding hydrogens is 746 g/mol. The van der Waals surface area contributed by atoms with Gasteiger partial charge in [0.1, 0.15) is 19.3 Å². The van der Waals surface area contributed by atoms with Crippen LogP contribution >= 0.6 is 7.82 Å². The SMILES string of the molecule is CC/C=C\C/C=C\C/C=C\C/C=C\CCC(=O)OC(COCCCCCCCCCCCCCCCCCCCCCCCCC)COP(=O)([O-])OCC[N+](C)(C)C. The molecule has 0 aromatic rings. The Morgan fingerprint density at radius 3 is 1.40 bits per heavy atom. The second kappa shape index (κ2) is 42.2. The normalized spacial score (nSPS) is 14.1. The van der Waals surface area contributed by atoms with Gasteiger partial charge in [-0.2, -0.15) is 0 Å². The largest absolute Gasteiger partial charge is 0.756 e. The van der Waals surface area contributed by atoms with Gasteiger partial charge >= 0.3 is 5.97 Å². The molecule has 0 aliphatic carbocycles. The molecule has 0 saturated heterocycles. The lowest BCUT2D eigenvalue weighted by molar-refractivity contribution is -0.870. The summed E-state index contributed by atoms with van der Waals surface area (Å²) < 4.78 is 34.5. The van der Waals surface area contributed by atoms with Crippen molar-refractivity contribution in [1.29, 1.82) is 0 Å². The minimum absolute atomic E-state index is 0.0135. The Labute approximate surface area is 358 Å². The van der Waals surface area contributed by atoms with Crippen LogP contribution in [0.25, 0.3) is 0 Å². The number of hydrogen-bond acceptors (Lipinski definition) is 7. The topological polar surface area (TPSA) is 94.1 Å². The Kier molecular flexibility index (Phi) is 41.0. The van der Waals surface area contributed by atoms with Gasteiger partial charge in [-0.05, 0) is 38.5 Å². The van der Waals surface area contributed by atoms with Crippen molar-refractivity contribution in [3.63, 3.8) is 0 Å². The van der Waals surface area contributed by atoms with Crippen molar-refractivity contribution in [3.8, 4) is 0 Å². The third kappa shape index (κ3) is 45.5. The Morgan fingerprint density at radius 2 is 0.966 bits per heavy atom. The smallest absolute Gasteiger partial charge is 0.306 e. The van der Waals surface area contributed by atoms with E-state index in [2.05, 4.69) is 50.3 Å². The van der Waals surface area contributed by atoms with E-state index in [1.165, 1.54) is 135 Å². The maximum Gasteiger partial charge on any atom is 0.306 e. The number of esters is 1. The predicted octanol–water partition coefficient (Wildman–Crippen LogP) is 13.7. The summed E-state index contributed by atoms with van der Waals surface area (Å²) in [6.45, 7) is 5.22. The number of hydrogen-bond donors (Lipinski definition) is 0. The van der Waals surface area contributed by atoms with Crippen LogP contribution in [0, 0.1) is 0 Å². The van der Waals surface area contributed by atoms with Crippen molar-refractivity contribution >= 4 is 13.8 Å². The first-order valence-electron chi connectivity index (χ1n) is 23.9. The second-order valence-electron chi connectivity index (χ2n) is 17.1. The summed E-state index contributed by atoms with van der Waals surface area (Å²) in [5, 5.41) is 0. The van der Waals surface area contributed by atoms with Gasteiger partial charge in [-0.15, -0.1) is 0 Å². The molecule has 0 spiro atoms. The zero-order chi connectivity index (χ0) is 42.7. The first-order chi connectivity index (χ1) is 28.1. The van der Waals surface area contributed by atoms with E-state index in [4.69, 9.17) is 18.5 Å². The molecule has 0 aliphatic rings. The molecule has 0 aromatic heterocycles. The summed E-state index contributed by atoms with van der Waals surface area (Å²) in [4.78, 5) is 25.0. The van der Waals surface area contributed by atoms with E-state index >= 15 is 0 Å². The average molecular weight is 838 g/mol. The zero-order valence-electron chi connectivity index (χ0n) is 38.5. The van der Waals surface area contributed by atoms with Crippen LogP contribution in [0.1, 0.15) is 200 Å². The number of ether oxygens (including phenoxy) is 2. The lowest BCUT2D eigenvalue weighted by atomic mass is 10.0. The van der Waals surface area contributed by atoms with E-state index in [0.717, 1.165) is 38.5 Å². The fourth-order valence-corrected chi connectivity index (χ4v) is 7.23. The van der Waals surface area contributed by atoms with E-state index in [-0.39, 0.29) is 26.2 Å². The molecule has 0 rings (SSSR count). The average Bonchev–Trinajstić information content (AvgIpc) is 3.18. The highest BCUT2D eigenvalue weighted by molar-refractivity contribution is 7.45. The van der Waals surface area contributed by atoms with Gasteiger partial charge in [0.05, 0.1) is 34.4 Å². The van der Waals surface area contributed by atoms with Crippen LogP contribution in [0.4, 0.5) is 0 Å². The Morgan fingerprint density at radius 1 is 0.552 bits per heavy atom. The number of phosphoric acid groups is 1. The van der Waals surface area contributed by atoms with Crippen molar-refractivity contribution in [2.75, 3.05) is 54.1 Å². The molecule has 9 heteroatoms. The van der Waals surface area contributed by atoms with Crippen molar-refractivity contribution in [1.82, 2.24) is 0 Å². The lowest BCUT2D eigenvalue weighted by Crippen LogP contribution is -2.37. The van der Waals surface area contributed by atoms with Gasteiger partial charge in [-0.25, -0.2) is 0 Å². The third-order valence-corrected chi connectivity index (χ3v) is 11.1. The summed E-state index contributed by atoms with van der Waals surface area (Å²) in [5.41, 5.74) is 0. The molecule has 0 radical (unpaired) electrons. The molecule has 0 bridgehead atoms. The van der Waals surface area contributed by atoms with Crippen LogP contribution in [-0.2, 0) is 27.9 Å². The molecule has 0 heterocycles. The molecular formula is C49H92NO7P. The van der Waals surface area contributed by atoms with Crippen molar-refractivity contribution in [2.24, 2.45) is 0 Å². The van der Waals surface area contributed by atoms with Gasteiger partial charge in [-0.1, -0.05) is 204 Å². The Hall–Kier alpha value is -1.54. The molecule has 0 aromatic carbocycles. The minimum atomic E-state index is -4.54. The number of quaternary nitrogens is 1. The summed E-state index contributed by atoms with van der Waals surface area (Å²) in [7, 11) is 1.32. The first-order valence-corrected chi connectivity index (χ1v) is 25.3. The number of carbonyl (C=O) groups excluding carboxylic acids is 1. The lowest BCUT2D eigenvalue weighted by Gasteiger charge is -2.28. The van der Waals surface area contributed by atoms with Crippen molar-refractivity contribution < 1.29 is 37.3 Å². The highest BCUT2D eigenvalue weighted by Gasteiger charge is 2.20. The zero-order valence-corrected chi connectivity index (χ0v) is 39.4. The Bertz CT molecular complexity index is 1070. The molecule has 58 heavy (non-hydrogen) atoms. The number of carbonyl (C=O) groups is 1. The van der Waals surface area contributed by atoms with Crippen LogP contribution in [0.15, 0.2) is 48.6 Å². The monoisotopic (exact) mass is 838 g/mol. The molecule has 0 aliphatic heterocycles. The van der Waals surface area contributed by atoms with Crippen LogP contribution in [0.2, 0.25) is 0 Å². The molecule has 8 nitrogen and oxygen atoms in total. The van der Waals surface area contributed by atoms with E-state index in [0.29, 0.717) is 24.1 Å². The van der Waals surface area contributed by atoms with Gasteiger partial charge in [0.2, 0.25) is 0 Å². The molecule has 0 fully saturated rings. The van der Waals surface area contributed by atoms with Gasteiger partial charge < -0.3 is 27.9 Å². The van der Waals surface area contributed by atoms with Crippen LogP contribution in [0.3, 0.4) is 0 Å². The highest BCUT2D eigenvalue weighted by Crippen LogP contribution is 2.38. The quantitative estimate of drug-likeness (QED) is 0.0198. The van der Waals surface area contributed by atoms with E-state index in [1.807, 2.05) is 33.3 Å². The number of unbranched alkanes of at least 4 members (excludes halogenated alkanes) is 22. The second-order valence-corrected chi connectivity index (χ2v) is 18.5. The summed E-state index contributed by atoms with van der Waals surface area (Å²) in [6, 6.07) is 0. The maximum absolute atomic E-state index is 12.6. The number of nitrogens with zero attached hydrogens (tertiary/aromatic N) is 1. The summed E-state index contributed by atoms with van der Waals surface area (Å²) in [5.74, 6) is -0.411. The van der Waals surface area contributed by atoms with Crippen LogP contribution in [0.5, 0.6) is 0 Å². The predicted molar refractivity (Wildman–Crippen MR) is 245 cm³/mol. The first kappa shape index (κ1) is 56.5. The summed E-state index contributed by atoms with van der Waals surface area (Å²) in [6.07, 6.45) is 51.6. The number of allylic oxidation sites excluding steroid dienone is 8. The molecule has 2 atom stereocenters. The molecule has 340 valence electrons. The highest BCUT2D eigenvalue weighted by atomic mass is 31.2. The van der Waals surface area contributed by atoms with E-state index in [1.54, 1.807) is 0 Å². The van der Waals surface area contributed by atoms with Crippen molar-refractivity contribution in [2.45, 2.75) is 206 Å². The minimum Gasteiger partial charge on any atom is -0.756 e. The van der Waals surface area contributed by atoms with Gasteiger partial charge in [0.15, 0.2) is 0 Å². The number of rotatable bonds is 44. The fraction of sp³-hybridized carbons (Fsp3) is 0.816. The Balaban J connectivity index is 4.14. The maximum atomic E-state index is 12.6. The molecule has 2 unspecified atom stereocenters. The van der Waals surface area contributed by atoms with Crippen molar-refractivity contribution in [3.05, 3.63) is 48.6 Å². The molecule has 0 saturated carbocycles. The standard InChI is InChI=1S/C49H92NO7P/c1-6-8-10-12-14-16-18-20-21-22-23-24-25-26-27-28-29-31-33-35-37-39-41-44-54-46-48(47-56-58(52,53)55-45-43-50(3,4)5)57-49(51)42-40-38-36-34-32-30-19-17-15-13-11-9-7-2/h9,11,15,17,30,32,36,38,48H,6-8,10,12-14,16,18-29,31,33-35,37,39-47H2,1-5H3/b11-9-,17-15-,32-30-,38-36-. The number of phosphoric ester groups is 1. The van der Waals surface area contributed by atoms with E-state index in [9.17, 15) is 14.3 Å². The fourth-order valence-electron chi connectivity index (χ4n) is 6.50. The molecule has 0 N–H and O–H groups in total. The van der Waals surface area contributed by atoms with Gasteiger partial charge in [0.25, 0.3) is 7.82 Å². The van der Waals surface area contributed by atoms with Crippen LogP contribution < -0.4 is 4.89 Å².